The van der Waals surface area contributed by atoms with Gasteiger partial charge in [0.25, 0.3) is 0 Å². The largest absolute Gasteiger partial charge is 0.401 e. The maximum absolute atomic E-state index is 11.9. The summed E-state index contributed by atoms with van der Waals surface area (Å²) in [6, 6.07) is -0.0309. The predicted octanol–water partition coefficient (Wildman–Crippen LogP) is 2.30. The number of methoxy groups -OCH3 is 1. The van der Waals surface area contributed by atoms with Crippen LogP contribution in [-0.4, -0.2) is 43.9 Å². The summed E-state index contributed by atoms with van der Waals surface area (Å²) in [6.45, 7) is 4.13. The minimum Gasteiger partial charge on any atom is -0.383 e. The molecule has 5 heteroatoms. The monoisotopic (exact) mass is 213 g/mol. The maximum atomic E-state index is 11.9. The lowest BCUT2D eigenvalue weighted by atomic mass is 10.0. The summed E-state index contributed by atoms with van der Waals surface area (Å²) in [6.07, 6.45) is -3.27. The van der Waals surface area contributed by atoms with Crippen molar-refractivity contribution in [2.45, 2.75) is 32.5 Å². The summed E-state index contributed by atoms with van der Waals surface area (Å²) >= 11 is 0. The molecule has 0 bridgehead atoms. The Morgan fingerprint density at radius 3 is 2.21 bits per heavy atom. The number of hydrogen-bond acceptors (Lipinski definition) is 2. The molecule has 1 fully saturated rings. The quantitative estimate of drug-likeness (QED) is 0.713. The van der Waals surface area contributed by atoms with E-state index in [4.69, 9.17) is 4.74 Å². The molecule has 14 heavy (non-hydrogen) atoms. The standard InChI is InChI=1S/C7H12F3NO.C2H6/c1-12-4-6-2-3-11(6)5-7(8,9)10;1-2/h6H,2-5H2,1H3;1-2H3. The van der Waals surface area contributed by atoms with Crippen LogP contribution in [-0.2, 0) is 4.74 Å². The van der Waals surface area contributed by atoms with E-state index in [-0.39, 0.29) is 6.04 Å². The Balaban J connectivity index is 0.000000791. The molecular formula is C9H18F3NO. The van der Waals surface area contributed by atoms with Crippen LogP contribution in [0.2, 0.25) is 0 Å². The van der Waals surface area contributed by atoms with Crippen LogP contribution in [0.1, 0.15) is 20.3 Å². The predicted molar refractivity (Wildman–Crippen MR) is 49.3 cm³/mol. The first kappa shape index (κ1) is 13.7. The number of rotatable bonds is 3. The van der Waals surface area contributed by atoms with Gasteiger partial charge in [-0.05, 0) is 6.42 Å². The maximum Gasteiger partial charge on any atom is 0.401 e. The molecule has 0 N–H and O–H groups in total. The summed E-state index contributed by atoms with van der Waals surface area (Å²) < 4.78 is 40.4. The van der Waals surface area contributed by atoms with Crippen LogP contribution in [0.5, 0.6) is 0 Å². The van der Waals surface area contributed by atoms with Crippen molar-refractivity contribution in [3.8, 4) is 0 Å². The van der Waals surface area contributed by atoms with Gasteiger partial charge in [0.1, 0.15) is 0 Å². The third-order valence-electron chi connectivity index (χ3n) is 2.01. The Bertz CT molecular complexity index is 149. The highest BCUT2D eigenvalue weighted by Gasteiger charge is 2.37. The number of ether oxygens (including phenoxy) is 1. The fourth-order valence-corrected chi connectivity index (χ4v) is 1.31. The van der Waals surface area contributed by atoms with Gasteiger partial charge in [0.2, 0.25) is 0 Å². The Morgan fingerprint density at radius 1 is 1.36 bits per heavy atom. The van der Waals surface area contributed by atoms with Crippen molar-refractivity contribution in [1.29, 1.82) is 0 Å². The second-order valence-electron chi connectivity index (χ2n) is 2.98. The van der Waals surface area contributed by atoms with Gasteiger partial charge in [-0.3, -0.25) is 4.90 Å². The van der Waals surface area contributed by atoms with E-state index >= 15 is 0 Å². The number of hydrogen-bond donors (Lipinski definition) is 0. The van der Waals surface area contributed by atoms with Crippen LogP contribution in [0.4, 0.5) is 13.2 Å². The zero-order valence-corrected chi connectivity index (χ0v) is 8.90. The molecule has 1 saturated heterocycles. The van der Waals surface area contributed by atoms with Crippen molar-refractivity contribution in [2.24, 2.45) is 0 Å². The minimum absolute atomic E-state index is 0.0309. The average Bonchev–Trinajstić information content (AvgIpc) is 2.11. The van der Waals surface area contributed by atoms with Gasteiger partial charge >= 0.3 is 6.18 Å². The third kappa shape index (κ3) is 4.81. The van der Waals surface area contributed by atoms with Gasteiger partial charge < -0.3 is 4.74 Å². The van der Waals surface area contributed by atoms with E-state index in [1.54, 1.807) is 0 Å². The van der Waals surface area contributed by atoms with E-state index in [0.717, 1.165) is 6.42 Å². The Morgan fingerprint density at radius 2 is 1.93 bits per heavy atom. The smallest absolute Gasteiger partial charge is 0.383 e. The number of halogens is 3. The molecule has 0 aliphatic carbocycles. The van der Waals surface area contributed by atoms with E-state index < -0.39 is 12.7 Å². The zero-order chi connectivity index (χ0) is 11.2. The fraction of sp³-hybridized carbons (Fsp3) is 1.00. The summed E-state index contributed by atoms with van der Waals surface area (Å²) in [5.74, 6) is 0. The molecule has 0 aromatic rings. The van der Waals surface area contributed by atoms with Crippen LogP contribution < -0.4 is 0 Å². The lowest BCUT2D eigenvalue weighted by molar-refractivity contribution is -0.165. The highest BCUT2D eigenvalue weighted by atomic mass is 19.4. The second-order valence-corrected chi connectivity index (χ2v) is 2.98. The first-order valence-electron chi connectivity index (χ1n) is 4.82. The average molecular weight is 213 g/mol. The van der Waals surface area contributed by atoms with Gasteiger partial charge in [0, 0.05) is 19.7 Å². The van der Waals surface area contributed by atoms with Gasteiger partial charge in [0.15, 0.2) is 0 Å². The Hall–Kier alpha value is -0.290. The van der Waals surface area contributed by atoms with Gasteiger partial charge in [-0.2, -0.15) is 13.2 Å². The molecule has 0 aromatic heterocycles. The molecule has 2 nitrogen and oxygen atoms in total. The first-order chi connectivity index (χ1) is 6.53. The van der Waals surface area contributed by atoms with E-state index in [1.165, 1.54) is 12.0 Å². The molecule has 0 aromatic carbocycles. The normalized spacial score (nSPS) is 22.3. The van der Waals surface area contributed by atoms with Crippen molar-refractivity contribution in [3.63, 3.8) is 0 Å². The molecule has 1 aliphatic rings. The van der Waals surface area contributed by atoms with Crippen molar-refractivity contribution < 1.29 is 17.9 Å². The molecule has 0 saturated carbocycles. The van der Waals surface area contributed by atoms with Crippen molar-refractivity contribution >= 4 is 0 Å². The summed E-state index contributed by atoms with van der Waals surface area (Å²) in [5.41, 5.74) is 0. The van der Waals surface area contributed by atoms with Gasteiger partial charge in [-0.15, -0.1) is 0 Å². The van der Waals surface area contributed by atoms with Crippen LogP contribution in [0.3, 0.4) is 0 Å². The first-order valence-corrected chi connectivity index (χ1v) is 4.82. The molecule has 0 spiro atoms. The van der Waals surface area contributed by atoms with E-state index in [1.807, 2.05) is 13.8 Å². The van der Waals surface area contributed by atoms with Crippen LogP contribution >= 0.6 is 0 Å². The molecule has 1 unspecified atom stereocenters. The Kier molecular flexibility index (Phi) is 6.11. The highest BCUT2D eigenvalue weighted by molar-refractivity contribution is 4.83. The molecule has 1 heterocycles. The van der Waals surface area contributed by atoms with Crippen LogP contribution in [0, 0.1) is 0 Å². The SMILES string of the molecule is CC.COCC1CCN1CC(F)(F)F. The summed E-state index contributed by atoms with van der Waals surface area (Å²) in [4.78, 5) is 1.39. The number of nitrogens with zero attached hydrogens (tertiary/aromatic N) is 1. The molecule has 1 atom stereocenters. The second kappa shape index (κ2) is 6.24. The van der Waals surface area contributed by atoms with Crippen molar-refractivity contribution in [2.75, 3.05) is 26.8 Å². The van der Waals surface area contributed by atoms with Crippen molar-refractivity contribution in [3.05, 3.63) is 0 Å². The van der Waals surface area contributed by atoms with Crippen LogP contribution in [0.15, 0.2) is 0 Å². The summed E-state index contributed by atoms with van der Waals surface area (Å²) in [5, 5.41) is 0. The zero-order valence-electron chi connectivity index (χ0n) is 8.90. The van der Waals surface area contributed by atoms with E-state index in [0.29, 0.717) is 13.2 Å². The number of likely N-dealkylation sites (tertiary alicyclic amines) is 1. The van der Waals surface area contributed by atoms with E-state index in [2.05, 4.69) is 0 Å². The van der Waals surface area contributed by atoms with Gasteiger partial charge in [0.05, 0.1) is 13.2 Å². The highest BCUT2D eigenvalue weighted by Crippen LogP contribution is 2.24. The molecule has 0 radical (unpaired) electrons. The van der Waals surface area contributed by atoms with Gasteiger partial charge in [-0.25, -0.2) is 0 Å². The van der Waals surface area contributed by atoms with Crippen LogP contribution in [0.25, 0.3) is 0 Å². The summed E-state index contributed by atoms with van der Waals surface area (Å²) in [7, 11) is 1.50. The topological polar surface area (TPSA) is 12.5 Å². The molecule has 86 valence electrons. The van der Waals surface area contributed by atoms with E-state index in [9.17, 15) is 13.2 Å². The molecular weight excluding hydrogens is 195 g/mol. The lowest BCUT2D eigenvalue weighted by Crippen LogP contribution is -2.53. The molecule has 0 amide bonds. The molecule has 1 aliphatic heterocycles. The molecule has 1 rings (SSSR count). The van der Waals surface area contributed by atoms with Gasteiger partial charge in [-0.1, -0.05) is 13.8 Å². The lowest BCUT2D eigenvalue weighted by Gasteiger charge is -2.40. The van der Waals surface area contributed by atoms with Crippen molar-refractivity contribution in [1.82, 2.24) is 4.90 Å². The minimum atomic E-state index is -4.08. The number of alkyl halides is 3. The fourth-order valence-electron chi connectivity index (χ4n) is 1.31. The Labute approximate surface area is 83.0 Å². The third-order valence-corrected chi connectivity index (χ3v) is 2.01.